The lowest BCUT2D eigenvalue weighted by molar-refractivity contribution is -0.115. The first-order valence-corrected chi connectivity index (χ1v) is 8.38. The number of carbonyl (C=O) groups excluding carboxylic acids is 1. The second-order valence-corrected chi connectivity index (χ2v) is 6.84. The first kappa shape index (κ1) is 16.0. The summed E-state index contributed by atoms with van der Waals surface area (Å²) in [7, 11) is -1.34. The monoisotopic (exact) mass is 341 g/mol. The van der Waals surface area contributed by atoms with Crippen molar-refractivity contribution in [2.75, 3.05) is 5.75 Å². The lowest BCUT2D eigenvalue weighted by Gasteiger charge is -2.10. The van der Waals surface area contributed by atoms with E-state index in [1.165, 1.54) is 0 Å². The van der Waals surface area contributed by atoms with Gasteiger partial charge in [-0.1, -0.05) is 47.5 Å². The maximum atomic E-state index is 11.9. The summed E-state index contributed by atoms with van der Waals surface area (Å²) in [6, 6.07) is 12.7. The van der Waals surface area contributed by atoms with E-state index in [0.29, 0.717) is 10.0 Å². The minimum absolute atomic E-state index is 0.148. The molecule has 2 aromatic carbocycles. The van der Waals surface area contributed by atoms with Crippen LogP contribution >= 0.6 is 23.2 Å². The van der Waals surface area contributed by atoms with Gasteiger partial charge in [0.15, 0.2) is 0 Å². The summed E-state index contributed by atoms with van der Waals surface area (Å²) < 4.78 is 11.9. The van der Waals surface area contributed by atoms with E-state index in [0.717, 1.165) is 16.7 Å². The minimum atomic E-state index is -1.34. The number of nitrogens with two attached hydrogens (primary N) is 1. The highest BCUT2D eigenvalue weighted by molar-refractivity contribution is 7.84. The third-order valence-corrected chi connectivity index (χ3v) is 4.49. The van der Waals surface area contributed by atoms with Gasteiger partial charge >= 0.3 is 0 Å². The Morgan fingerprint density at radius 2 is 1.71 bits per heavy atom. The molecular weight excluding hydrogens is 329 g/mol. The molecule has 3 nitrogen and oxygen atoms in total. The van der Waals surface area contributed by atoms with Gasteiger partial charge in [-0.2, -0.15) is 0 Å². The maximum absolute atomic E-state index is 11.9. The summed E-state index contributed by atoms with van der Waals surface area (Å²) in [6.45, 7) is 0. The smallest absolute Gasteiger partial charge is 0.230 e. The van der Waals surface area contributed by atoms with Crippen LogP contribution in [0.15, 0.2) is 42.5 Å². The van der Waals surface area contributed by atoms with Crippen molar-refractivity contribution in [2.24, 2.45) is 5.73 Å². The van der Waals surface area contributed by atoms with Gasteiger partial charge in [0.2, 0.25) is 5.91 Å². The van der Waals surface area contributed by atoms with Crippen LogP contribution in [-0.4, -0.2) is 15.9 Å². The second kappa shape index (κ2) is 7.07. The molecule has 0 bridgehead atoms. The van der Waals surface area contributed by atoms with Gasteiger partial charge < -0.3 is 5.73 Å². The molecule has 0 aliphatic heterocycles. The standard InChI is InChI=1S/C15H13Cl2NO2S/c16-12-5-11(6-13(17)7-12)14-4-2-1-3-10(14)8-21(20)9-15(18)19/h1-7H,8-9H2,(H2,18,19)/t21-/m0/s1. The van der Waals surface area contributed by atoms with Crippen molar-refractivity contribution >= 4 is 39.9 Å². The van der Waals surface area contributed by atoms with Crippen LogP contribution in [0.3, 0.4) is 0 Å². The molecule has 0 saturated carbocycles. The van der Waals surface area contributed by atoms with Gasteiger partial charge in [0, 0.05) is 26.6 Å². The summed E-state index contributed by atoms with van der Waals surface area (Å²) in [4.78, 5) is 10.8. The Morgan fingerprint density at radius 3 is 2.33 bits per heavy atom. The first-order chi connectivity index (χ1) is 9.95. The molecule has 1 amide bonds. The zero-order valence-corrected chi connectivity index (χ0v) is 13.3. The van der Waals surface area contributed by atoms with Gasteiger partial charge in [-0.05, 0) is 34.9 Å². The van der Waals surface area contributed by atoms with Gasteiger partial charge in [-0.3, -0.25) is 9.00 Å². The third-order valence-electron chi connectivity index (χ3n) is 2.81. The first-order valence-electron chi connectivity index (χ1n) is 6.13. The van der Waals surface area contributed by atoms with E-state index >= 15 is 0 Å². The van der Waals surface area contributed by atoms with E-state index in [2.05, 4.69) is 0 Å². The third kappa shape index (κ3) is 4.56. The molecule has 2 N–H and O–H groups in total. The van der Waals surface area contributed by atoms with E-state index < -0.39 is 16.7 Å². The predicted octanol–water partition coefficient (Wildman–Crippen LogP) is 3.39. The van der Waals surface area contributed by atoms with E-state index in [4.69, 9.17) is 28.9 Å². The van der Waals surface area contributed by atoms with Crippen molar-refractivity contribution in [3.05, 3.63) is 58.1 Å². The predicted molar refractivity (Wildman–Crippen MR) is 87.8 cm³/mol. The summed E-state index contributed by atoms with van der Waals surface area (Å²) >= 11 is 12.0. The van der Waals surface area contributed by atoms with Gasteiger partial charge in [-0.25, -0.2) is 0 Å². The van der Waals surface area contributed by atoms with Crippen LogP contribution in [0.5, 0.6) is 0 Å². The maximum Gasteiger partial charge on any atom is 0.230 e. The molecule has 0 heterocycles. The Kier molecular flexibility index (Phi) is 5.39. The SMILES string of the molecule is NC(=O)C[S@@](=O)Cc1ccccc1-c1cc(Cl)cc(Cl)c1. The fraction of sp³-hybridized carbons (Fsp3) is 0.133. The number of halogens is 2. The van der Waals surface area contributed by atoms with Crippen molar-refractivity contribution in [1.29, 1.82) is 0 Å². The van der Waals surface area contributed by atoms with Crippen molar-refractivity contribution < 1.29 is 9.00 Å². The van der Waals surface area contributed by atoms with Crippen molar-refractivity contribution in [1.82, 2.24) is 0 Å². The number of carbonyl (C=O) groups is 1. The lowest BCUT2D eigenvalue weighted by Crippen LogP contribution is -2.20. The molecule has 0 aromatic heterocycles. The average Bonchev–Trinajstić information content (AvgIpc) is 2.37. The van der Waals surface area contributed by atoms with Gasteiger partial charge in [0.1, 0.15) is 5.75 Å². The van der Waals surface area contributed by atoms with E-state index in [-0.39, 0.29) is 11.5 Å². The fourth-order valence-electron chi connectivity index (χ4n) is 2.02. The Balaban J connectivity index is 2.36. The van der Waals surface area contributed by atoms with Crippen LogP contribution in [0.4, 0.5) is 0 Å². The molecule has 2 aromatic rings. The Bertz CT molecular complexity index is 684. The van der Waals surface area contributed by atoms with Crippen molar-refractivity contribution in [2.45, 2.75) is 5.75 Å². The van der Waals surface area contributed by atoms with Crippen molar-refractivity contribution in [3.8, 4) is 11.1 Å². The molecule has 110 valence electrons. The number of benzene rings is 2. The molecule has 0 saturated heterocycles. The molecule has 0 aliphatic carbocycles. The quantitative estimate of drug-likeness (QED) is 0.905. The zero-order chi connectivity index (χ0) is 15.4. The lowest BCUT2D eigenvalue weighted by atomic mass is 10.0. The topological polar surface area (TPSA) is 60.2 Å². The van der Waals surface area contributed by atoms with Crippen LogP contribution in [0.2, 0.25) is 10.0 Å². The summed E-state index contributed by atoms with van der Waals surface area (Å²) in [6.07, 6.45) is 0. The highest BCUT2D eigenvalue weighted by Gasteiger charge is 2.11. The summed E-state index contributed by atoms with van der Waals surface area (Å²) in [5.41, 5.74) is 7.66. The number of rotatable bonds is 5. The number of hydrogen-bond acceptors (Lipinski definition) is 2. The average molecular weight is 342 g/mol. The van der Waals surface area contributed by atoms with Crippen molar-refractivity contribution in [3.63, 3.8) is 0 Å². The second-order valence-electron chi connectivity index (χ2n) is 4.51. The zero-order valence-electron chi connectivity index (χ0n) is 11.0. The fourth-order valence-corrected chi connectivity index (χ4v) is 3.56. The van der Waals surface area contributed by atoms with Crippen LogP contribution in [0.1, 0.15) is 5.56 Å². The molecule has 6 heteroatoms. The molecule has 2 rings (SSSR count). The van der Waals surface area contributed by atoms with Gasteiger partial charge in [0.05, 0.1) is 0 Å². The van der Waals surface area contributed by atoms with Crippen LogP contribution in [0, 0.1) is 0 Å². The Labute approximate surface area is 135 Å². The molecule has 1 atom stereocenters. The molecular formula is C15H13Cl2NO2S. The van der Waals surface area contributed by atoms with Gasteiger partial charge in [-0.15, -0.1) is 0 Å². The van der Waals surface area contributed by atoms with E-state index in [1.54, 1.807) is 18.2 Å². The van der Waals surface area contributed by atoms with Gasteiger partial charge in [0.25, 0.3) is 0 Å². The largest absolute Gasteiger partial charge is 0.369 e. The summed E-state index contributed by atoms with van der Waals surface area (Å²) in [5.74, 6) is -0.468. The van der Waals surface area contributed by atoms with Crippen LogP contribution in [-0.2, 0) is 21.3 Å². The van der Waals surface area contributed by atoms with E-state index in [9.17, 15) is 9.00 Å². The molecule has 0 aliphatic rings. The molecule has 0 radical (unpaired) electrons. The number of hydrogen-bond donors (Lipinski definition) is 1. The van der Waals surface area contributed by atoms with Crippen LogP contribution < -0.4 is 5.73 Å². The molecule has 0 spiro atoms. The normalized spacial score (nSPS) is 12.1. The highest BCUT2D eigenvalue weighted by atomic mass is 35.5. The highest BCUT2D eigenvalue weighted by Crippen LogP contribution is 2.30. The minimum Gasteiger partial charge on any atom is -0.369 e. The molecule has 0 fully saturated rings. The number of primary amides is 1. The Morgan fingerprint density at radius 1 is 1.10 bits per heavy atom. The Hall–Kier alpha value is -1.36. The number of amides is 1. The summed E-state index contributed by atoms with van der Waals surface area (Å²) in [5, 5.41) is 1.07. The van der Waals surface area contributed by atoms with Crippen LogP contribution in [0.25, 0.3) is 11.1 Å². The molecule has 21 heavy (non-hydrogen) atoms. The molecule has 0 unspecified atom stereocenters. The van der Waals surface area contributed by atoms with E-state index in [1.807, 2.05) is 24.3 Å².